The minimum atomic E-state index is -0.0173. The summed E-state index contributed by atoms with van der Waals surface area (Å²) in [5, 5.41) is 2.97. The topological polar surface area (TPSA) is 41.6 Å². The van der Waals surface area contributed by atoms with E-state index in [0.29, 0.717) is 13.1 Å². The largest absolute Gasteiger partial charge is 0.376 e. The van der Waals surface area contributed by atoms with Crippen molar-refractivity contribution in [3.05, 3.63) is 35.4 Å². The lowest BCUT2D eigenvalue weighted by Gasteiger charge is -2.27. The van der Waals surface area contributed by atoms with Crippen molar-refractivity contribution in [2.75, 3.05) is 26.7 Å². The van der Waals surface area contributed by atoms with E-state index >= 15 is 0 Å². The second kappa shape index (κ2) is 8.03. The number of hydrogen-bond donors (Lipinski definition) is 1. The molecule has 4 nitrogen and oxygen atoms in total. The van der Waals surface area contributed by atoms with Gasteiger partial charge in [0.25, 0.3) is 0 Å². The van der Waals surface area contributed by atoms with Gasteiger partial charge in [0.2, 0.25) is 0 Å². The molecular weight excluding hydrogens is 264 g/mol. The molecule has 4 heteroatoms. The number of aryl methyl sites for hydroxylation is 1. The molecule has 2 rings (SSSR count). The van der Waals surface area contributed by atoms with Crippen molar-refractivity contribution in [3.63, 3.8) is 0 Å². The van der Waals surface area contributed by atoms with Crippen LogP contribution in [-0.2, 0) is 11.2 Å². The quantitative estimate of drug-likeness (QED) is 0.906. The van der Waals surface area contributed by atoms with Gasteiger partial charge in [-0.25, -0.2) is 4.79 Å². The smallest absolute Gasteiger partial charge is 0.317 e. The lowest BCUT2D eigenvalue weighted by atomic mass is 10.1. The van der Waals surface area contributed by atoms with E-state index in [4.69, 9.17) is 4.74 Å². The molecule has 0 bridgehead atoms. The Labute approximate surface area is 127 Å². The number of nitrogens with zero attached hydrogens (tertiary/aromatic N) is 1. The molecule has 116 valence electrons. The maximum absolute atomic E-state index is 12.0. The summed E-state index contributed by atoms with van der Waals surface area (Å²) >= 11 is 0. The van der Waals surface area contributed by atoms with Crippen LogP contribution in [0.5, 0.6) is 0 Å². The SMILES string of the molecule is Cc1ccc(CCNC(=O)N(C)CC2CCCCO2)cc1. The van der Waals surface area contributed by atoms with E-state index in [1.165, 1.54) is 17.5 Å². The third kappa shape index (κ3) is 5.38. The number of ether oxygens (including phenoxy) is 1. The molecule has 0 aliphatic carbocycles. The van der Waals surface area contributed by atoms with Gasteiger partial charge in [0.15, 0.2) is 0 Å². The summed E-state index contributed by atoms with van der Waals surface area (Å²) in [4.78, 5) is 13.7. The van der Waals surface area contributed by atoms with Crippen LogP contribution in [0.25, 0.3) is 0 Å². The average Bonchev–Trinajstić information content (AvgIpc) is 2.50. The molecule has 0 radical (unpaired) electrons. The number of likely N-dealkylation sites (N-methyl/N-ethyl adjacent to an activating group) is 1. The molecule has 2 amide bonds. The summed E-state index contributed by atoms with van der Waals surface area (Å²) in [6.07, 6.45) is 4.46. The first-order valence-corrected chi connectivity index (χ1v) is 7.81. The molecule has 1 aromatic rings. The zero-order valence-electron chi connectivity index (χ0n) is 13.1. The van der Waals surface area contributed by atoms with Crippen LogP contribution in [0.15, 0.2) is 24.3 Å². The summed E-state index contributed by atoms with van der Waals surface area (Å²) < 4.78 is 5.66. The van der Waals surface area contributed by atoms with E-state index in [0.717, 1.165) is 25.9 Å². The summed E-state index contributed by atoms with van der Waals surface area (Å²) in [6.45, 7) is 4.25. The van der Waals surface area contributed by atoms with Crippen LogP contribution in [0.2, 0.25) is 0 Å². The predicted molar refractivity (Wildman–Crippen MR) is 84.5 cm³/mol. The fourth-order valence-corrected chi connectivity index (χ4v) is 2.54. The second-order valence-electron chi connectivity index (χ2n) is 5.84. The summed E-state index contributed by atoms with van der Waals surface area (Å²) in [6, 6.07) is 8.41. The Bertz CT molecular complexity index is 439. The Morgan fingerprint density at radius 3 is 2.76 bits per heavy atom. The highest BCUT2D eigenvalue weighted by atomic mass is 16.5. The van der Waals surface area contributed by atoms with E-state index in [9.17, 15) is 4.79 Å². The normalized spacial score (nSPS) is 18.3. The van der Waals surface area contributed by atoms with Crippen molar-refractivity contribution in [3.8, 4) is 0 Å². The highest BCUT2D eigenvalue weighted by Crippen LogP contribution is 2.13. The summed E-state index contributed by atoms with van der Waals surface area (Å²) in [5.41, 5.74) is 2.51. The van der Waals surface area contributed by atoms with Gasteiger partial charge in [-0.1, -0.05) is 29.8 Å². The van der Waals surface area contributed by atoms with Gasteiger partial charge in [0.1, 0.15) is 0 Å². The van der Waals surface area contributed by atoms with Crippen molar-refractivity contribution in [2.24, 2.45) is 0 Å². The Balaban J connectivity index is 1.67. The van der Waals surface area contributed by atoms with E-state index in [1.54, 1.807) is 4.90 Å². The lowest BCUT2D eigenvalue weighted by molar-refractivity contribution is 0.00388. The minimum absolute atomic E-state index is 0.0173. The first-order valence-electron chi connectivity index (χ1n) is 7.81. The third-order valence-electron chi connectivity index (χ3n) is 3.91. The van der Waals surface area contributed by atoms with Crippen molar-refractivity contribution in [2.45, 2.75) is 38.7 Å². The number of hydrogen-bond acceptors (Lipinski definition) is 2. The number of rotatable bonds is 5. The zero-order chi connectivity index (χ0) is 15.1. The van der Waals surface area contributed by atoms with Crippen molar-refractivity contribution >= 4 is 6.03 Å². The van der Waals surface area contributed by atoms with Gasteiger partial charge in [0.05, 0.1) is 6.10 Å². The number of carbonyl (C=O) groups excluding carboxylic acids is 1. The molecule has 21 heavy (non-hydrogen) atoms. The van der Waals surface area contributed by atoms with Crippen molar-refractivity contribution in [1.29, 1.82) is 0 Å². The number of benzene rings is 1. The maximum Gasteiger partial charge on any atom is 0.317 e. The Morgan fingerprint density at radius 2 is 2.10 bits per heavy atom. The van der Waals surface area contributed by atoms with Crippen LogP contribution in [0.1, 0.15) is 30.4 Å². The first kappa shape index (κ1) is 15.8. The molecule has 1 saturated heterocycles. The Morgan fingerprint density at radius 1 is 1.33 bits per heavy atom. The average molecular weight is 290 g/mol. The summed E-state index contributed by atoms with van der Waals surface area (Å²) in [7, 11) is 1.83. The molecule has 0 spiro atoms. The molecule has 1 aliphatic heterocycles. The van der Waals surface area contributed by atoms with Gasteiger partial charge >= 0.3 is 6.03 Å². The highest BCUT2D eigenvalue weighted by Gasteiger charge is 2.18. The zero-order valence-corrected chi connectivity index (χ0v) is 13.1. The highest BCUT2D eigenvalue weighted by molar-refractivity contribution is 5.73. The fourth-order valence-electron chi connectivity index (χ4n) is 2.54. The van der Waals surface area contributed by atoms with Crippen molar-refractivity contribution < 1.29 is 9.53 Å². The molecule has 1 heterocycles. The number of urea groups is 1. The molecular formula is C17H26N2O2. The molecule has 1 aliphatic rings. The standard InChI is InChI=1S/C17H26N2O2/c1-14-6-8-15(9-7-14)10-11-18-17(20)19(2)13-16-5-3-4-12-21-16/h6-9,16H,3-5,10-13H2,1-2H3,(H,18,20). The van der Waals surface area contributed by atoms with E-state index in [1.807, 2.05) is 7.05 Å². The molecule has 1 unspecified atom stereocenters. The molecule has 0 saturated carbocycles. The van der Waals surface area contributed by atoms with E-state index in [-0.39, 0.29) is 12.1 Å². The molecule has 1 atom stereocenters. The van der Waals surface area contributed by atoms with Crippen molar-refractivity contribution in [1.82, 2.24) is 10.2 Å². The lowest BCUT2D eigenvalue weighted by Crippen LogP contribution is -2.43. The molecule has 1 fully saturated rings. The van der Waals surface area contributed by atoms with Crippen LogP contribution < -0.4 is 5.32 Å². The maximum atomic E-state index is 12.0. The minimum Gasteiger partial charge on any atom is -0.376 e. The monoisotopic (exact) mass is 290 g/mol. The van der Waals surface area contributed by atoms with Crippen LogP contribution >= 0.6 is 0 Å². The van der Waals surface area contributed by atoms with Gasteiger partial charge in [-0.2, -0.15) is 0 Å². The van der Waals surface area contributed by atoms with E-state index < -0.39 is 0 Å². The molecule has 1 aromatic carbocycles. The van der Waals surface area contributed by atoms with Gasteiger partial charge in [0, 0.05) is 26.7 Å². The number of nitrogens with one attached hydrogen (secondary N) is 1. The van der Waals surface area contributed by atoms with Gasteiger partial charge in [-0.3, -0.25) is 0 Å². The van der Waals surface area contributed by atoms with Crippen LogP contribution in [-0.4, -0.2) is 43.8 Å². The molecule has 1 N–H and O–H groups in total. The van der Waals surface area contributed by atoms with E-state index in [2.05, 4.69) is 36.5 Å². The van der Waals surface area contributed by atoms with Gasteiger partial charge < -0.3 is 15.0 Å². The second-order valence-corrected chi connectivity index (χ2v) is 5.84. The number of amides is 2. The summed E-state index contributed by atoms with van der Waals surface area (Å²) in [5.74, 6) is 0. The number of carbonyl (C=O) groups is 1. The Kier molecular flexibility index (Phi) is 6.05. The van der Waals surface area contributed by atoms with Crippen LogP contribution in [0, 0.1) is 6.92 Å². The van der Waals surface area contributed by atoms with Gasteiger partial charge in [-0.15, -0.1) is 0 Å². The van der Waals surface area contributed by atoms with Crippen LogP contribution in [0.4, 0.5) is 4.79 Å². The van der Waals surface area contributed by atoms with Crippen LogP contribution in [0.3, 0.4) is 0 Å². The molecule has 0 aromatic heterocycles. The fraction of sp³-hybridized carbons (Fsp3) is 0.588. The predicted octanol–water partition coefficient (Wildman–Crippen LogP) is 2.75. The third-order valence-corrected chi connectivity index (χ3v) is 3.91. The first-order chi connectivity index (χ1) is 10.1. The Hall–Kier alpha value is -1.55. The van der Waals surface area contributed by atoms with Gasteiger partial charge in [-0.05, 0) is 38.2 Å².